The molecule has 1 N–H and O–H groups in total. The Morgan fingerprint density at radius 1 is 0.950 bits per heavy atom. The van der Waals surface area contributed by atoms with Crippen LogP contribution in [0.15, 0.2) is 48.5 Å². The third kappa shape index (κ3) is 4.21. The van der Waals surface area contributed by atoms with Gasteiger partial charge < -0.3 is 5.32 Å². The SMILES string of the molecule is CNC(C)c1cccc(CCCc2ccc(C)cc2)c1. The summed E-state index contributed by atoms with van der Waals surface area (Å²) in [7, 11) is 2.01. The lowest BCUT2D eigenvalue weighted by Gasteiger charge is -2.12. The second-order valence-corrected chi connectivity index (χ2v) is 5.59. The van der Waals surface area contributed by atoms with Crippen LogP contribution in [0, 0.1) is 6.92 Å². The van der Waals surface area contributed by atoms with Gasteiger partial charge in [0.25, 0.3) is 0 Å². The van der Waals surface area contributed by atoms with E-state index in [2.05, 4.69) is 67.7 Å². The predicted octanol–water partition coefficient (Wildman–Crippen LogP) is 4.45. The van der Waals surface area contributed by atoms with Crippen LogP contribution in [0.5, 0.6) is 0 Å². The molecule has 1 nitrogen and oxygen atoms in total. The summed E-state index contributed by atoms with van der Waals surface area (Å²) in [4.78, 5) is 0. The first-order chi connectivity index (χ1) is 9.69. The largest absolute Gasteiger partial charge is 0.313 e. The molecule has 20 heavy (non-hydrogen) atoms. The maximum Gasteiger partial charge on any atom is 0.0289 e. The fourth-order valence-electron chi connectivity index (χ4n) is 2.44. The van der Waals surface area contributed by atoms with Gasteiger partial charge in [-0.3, -0.25) is 0 Å². The molecule has 0 aliphatic heterocycles. The quantitative estimate of drug-likeness (QED) is 0.815. The molecule has 0 aromatic heterocycles. The average Bonchev–Trinajstić information content (AvgIpc) is 2.49. The first kappa shape index (κ1) is 14.8. The fraction of sp³-hybridized carbons (Fsp3) is 0.368. The molecule has 2 rings (SSSR count). The third-order valence-corrected chi connectivity index (χ3v) is 3.94. The Morgan fingerprint density at radius 2 is 1.65 bits per heavy atom. The zero-order valence-electron chi connectivity index (χ0n) is 12.8. The highest BCUT2D eigenvalue weighted by Gasteiger charge is 2.03. The van der Waals surface area contributed by atoms with Crippen LogP contribution in [0.4, 0.5) is 0 Å². The Balaban J connectivity index is 1.89. The number of aryl methyl sites for hydroxylation is 3. The van der Waals surface area contributed by atoms with Crippen molar-refractivity contribution in [3.63, 3.8) is 0 Å². The molecular formula is C19H25N. The molecule has 1 heteroatoms. The van der Waals surface area contributed by atoms with Crippen molar-refractivity contribution in [3.05, 3.63) is 70.8 Å². The average molecular weight is 267 g/mol. The lowest BCUT2D eigenvalue weighted by atomic mass is 10.00. The Labute approximate surface area is 123 Å². The van der Waals surface area contributed by atoms with Gasteiger partial charge in [-0.05, 0) is 56.8 Å². The van der Waals surface area contributed by atoms with Crippen molar-refractivity contribution < 1.29 is 0 Å². The zero-order chi connectivity index (χ0) is 14.4. The molecule has 0 aliphatic rings. The summed E-state index contributed by atoms with van der Waals surface area (Å²) in [6, 6.07) is 18.2. The highest BCUT2D eigenvalue weighted by molar-refractivity contribution is 5.26. The van der Waals surface area contributed by atoms with E-state index in [1.165, 1.54) is 28.7 Å². The normalized spacial score (nSPS) is 12.3. The van der Waals surface area contributed by atoms with Crippen molar-refractivity contribution in [2.75, 3.05) is 7.05 Å². The highest BCUT2D eigenvalue weighted by Crippen LogP contribution is 2.15. The maximum absolute atomic E-state index is 3.30. The van der Waals surface area contributed by atoms with Crippen molar-refractivity contribution in [2.24, 2.45) is 0 Å². The second kappa shape index (κ2) is 7.25. The standard InChI is InChI=1S/C19H25N/c1-15-10-12-17(13-11-15)6-4-7-18-8-5-9-19(14-18)16(2)20-3/h5,8-14,16,20H,4,6-7H2,1-3H3. The van der Waals surface area contributed by atoms with Gasteiger partial charge >= 0.3 is 0 Å². The summed E-state index contributed by atoms with van der Waals surface area (Å²) >= 11 is 0. The molecule has 0 fully saturated rings. The Bertz CT molecular complexity index is 528. The maximum atomic E-state index is 3.30. The van der Waals surface area contributed by atoms with Gasteiger partial charge in [0.05, 0.1) is 0 Å². The van der Waals surface area contributed by atoms with Gasteiger partial charge in [0.1, 0.15) is 0 Å². The van der Waals surface area contributed by atoms with Crippen LogP contribution in [0.2, 0.25) is 0 Å². The molecule has 0 saturated carbocycles. The van der Waals surface area contributed by atoms with E-state index < -0.39 is 0 Å². The van der Waals surface area contributed by atoms with Gasteiger partial charge in [-0.2, -0.15) is 0 Å². The van der Waals surface area contributed by atoms with E-state index in [-0.39, 0.29) is 0 Å². The van der Waals surface area contributed by atoms with Crippen LogP contribution in [-0.2, 0) is 12.8 Å². The van der Waals surface area contributed by atoms with Crippen LogP contribution in [-0.4, -0.2) is 7.05 Å². The van der Waals surface area contributed by atoms with E-state index in [4.69, 9.17) is 0 Å². The van der Waals surface area contributed by atoms with Crippen molar-refractivity contribution in [1.82, 2.24) is 5.32 Å². The number of hydrogen-bond acceptors (Lipinski definition) is 1. The fourth-order valence-corrected chi connectivity index (χ4v) is 2.44. The molecule has 2 aromatic carbocycles. The Kier molecular flexibility index (Phi) is 5.37. The molecule has 0 bridgehead atoms. The van der Waals surface area contributed by atoms with Gasteiger partial charge in [0, 0.05) is 6.04 Å². The molecular weight excluding hydrogens is 242 g/mol. The summed E-state index contributed by atoms with van der Waals surface area (Å²) in [5.41, 5.74) is 5.59. The van der Waals surface area contributed by atoms with Crippen LogP contribution in [0.3, 0.4) is 0 Å². The van der Waals surface area contributed by atoms with Crippen LogP contribution >= 0.6 is 0 Å². The van der Waals surface area contributed by atoms with Gasteiger partial charge in [-0.25, -0.2) is 0 Å². The summed E-state index contributed by atoms with van der Waals surface area (Å²) in [6.45, 7) is 4.34. The molecule has 0 spiro atoms. The van der Waals surface area contributed by atoms with Crippen LogP contribution < -0.4 is 5.32 Å². The third-order valence-electron chi connectivity index (χ3n) is 3.94. The van der Waals surface area contributed by atoms with Gasteiger partial charge in [-0.1, -0.05) is 54.1 Å². The summed E-state index contributed by atoms with van der Waals surface area (Å²) in [5.74, 6) is 0. The van der Waals surface area contributed by atoms with Gasteiger partial charge in [0.15, 0.2) is 0 Å². The summed E-state index contributed by atoms with van der Waals surface area (Å²) in [6.07, 6.45) is 3.52. The molecule has 2 aromatic rings. The lowest BCUT2D eigenvalue weighted by molar-refractivity contribution is 0.651. The second-order valence-electron chi connectivity index (χ2n) is 5.59. The molecule has 0 heterocycles. The first-order valence-electron chi connectivity index (χ1n) is 7.50. The van der Waals surface area contributed by atoms with E-state index in [9.17, 15) is 0 Å². The topological polar surface area (TPSA) is 12.0 Å². The molecule has 1 atom stereocenters. The van der Waals surface area contributed by atoms with E-state index in [0.29, 0.717) is 6.04 Å². The van der Waals surface area contributed by atoms with E-state index in [1.54, 1.807) is 0 Å². The van der Waals surface area contributed by atoms with Crippen LogP contribution in [0.1, 0.15) is 41.6 Å². The minimum Gasteiger partial charge on any atom is -0.313 e. The smallest absolute Gasteiger partial charge is 0.0289 e. The lowest BCUT2D eigenvalue weighted by Crippen LogP contribution is -2.12. The Hall–Kier alpha value is -1.60. The van der Waals surface area contributed by atoms with Crippen molar-refractivity contribution in [1.29, 1.82) is 0 Å². The molecule has 1 unspecified atom stereocenters. The van der Waals surface area contributed by atoms with Crippen molar-refractivity contribution in [2.45, 2.75) is 39.2 Å². The zero-order valence-corrected chi connectivity index (χ0v) is 12.8. The molecule has 0 radical (unpaired) electrons. The molecule has 0 aliphatic carbocycles. The minimum atomic E-state index is 0.423. The molecule has 0 saturated heterocycles. The number of hydrogen-bond donors (Lipinski definition) is 1. The van der Waals surface area contributed by atoms with Gasteiger partial charge in [0.2, 0.25) is 0 Å². The van der Waals surface area contributed by atoms with Crippen LogP contribution in [0.25, 0.3) is 0 Å². The number of rotatable bonds is 6. The van der Waals surface area contributed by atoms with Crippen molar-refractivity contribution >= 4 is 0 Å². The minimum absolute atomic E-state index is 0.423. The monoisotopic (exact) mass is 267 g/mol. The van der Waals surface area contributed by atoms with E-state index >= 15 is 0 Å². The van der Waals surface area contributed by atoms with E-state index in [0.717, 1.165) is 12.8 Å². The highest BCUT2D eigenvalue weighted by atomic mass is 14.8. The van der Waals surface area contributed by atoms with E-state index in [1.807, 2.05) is 7.05 Å². The predicted molar refractivity (Wildman–Crippen MR) is 87.1 cm³/mol. The number of benzene rings is 2. The summed E-state index contributed by atoms with van der Waals surface area (Å²) < 4.78 is 0. The molecule has 0 amide bonds. The number of nitrogens with one attached hydrogen (secondary N) is 1. The van der Waals surface area contributed by atoms with Gasteiger partial charge in [-0.15, -0.1) is 0 Å². The first-order valence-corrected chi connectivity index (χ1v) is 7.50. The van der Waals surface area contributed by atoms with Crippen molar-refractivity contribution in [3.8, 4) is 0 Å². The summed E-state index contributed by atoms with van der Waals surface area (Å²) in [5, 5.41) is 3.30. The Morgan fingerprint density at radius 3 is 2.35 bits per heavy atom. The molecule has 106 valence electrons.